The fourth-order valence-corrected chi connectivity index (χ4v) is 4.91. The van der Waals surface area contributed by atoms with E-state index in [0.29, 0.717) is 11.4 Å². The number of aliphatic carboxylic acids is 1. The molecule has 1 saturated carbocycles. The number of thiophene rings is 1. The number of anilines is 1. The van der Waals surface area contributed by atoms with Gasteiger partial charge in [0.15, 0.2) is 0 Å². The number of carbonyl (C=O) groups excluding carboxylic acids is 2. The first-order chi connectivity index (χ1) is 15.2. The first-order valence-corrected chi connectivity index (χ1v) is 11.3. The van der Waals surface area contributed by atoms with Crippen molar-refractivity contribution in [2.75, 3.05) is 5.32 Å². The number of hydrogen-bond acceptors (Lipinski definition) is 5. The van der Waals surface area contributed by atoms with E-state index in [2.05, 4.69) is 10.6 Å². The number of carboxylic acid groups (broad SMARTS) is 1. The second kappa shape index (κ2) is 10.4. The normalized spacial score (nSPS) is 15.2. The molecule has 9 heteroatoms. The Kier molecular flexibility index (Phi) is 7.66. The summed E-state index contributed by atoms with van der Waals surface area (Å²) < 4.78 is 0. The highest BCUT2D eigenvalue weighted by Gasteiger charge is 2.22. The van der Waals surface area contributed by atoms with Gasteiger partial charge in [-0.3, -0.25) is 14.9 Å². The van der Waals surface area contributed by atoms with Crippen LogP contribution in [-0.2, 0) is 4.79 Å². The molecule has 1 aliphatic rings. The molecule has 3 rings (SSSR count). The summed E-state index contributed by atoms with van der Waals surface area (Å²) in [6, 6.07) is 6.34. The summed E-state index contributed by atoms with van der Waals surface area (Å²) >= 11 is 1.21. The molecule has 0 radical (unpaired) electrons. The molecule has 1 aliphatic carbocycles. The number of aryl methyl sites for hydroxylation is 1. The lowest BCUT2D eigenvalue weighted by atomic mass is 10.0. The van der Waals surface area contributed by atoms with Crippen LogP contribution in [0.25, 0.3) is 16.5 Å². The van der Waals surface area contributed by atoms with E-state index in [1.165, 1.54) is 11.3 Å². The van der Waals surface area contributed by atoms with Crippen LogP contribution in [0.5, 0.6) is 0 Å². The van der Waals surface area contributed by atoms with Crippen LogP contribution in [0, 0.1) is 6.92 Å². The minimum atomic E-state index is -0.848. The fourth-order valence-electron chi connectivity index (χ4n) is 3.84. The average Bonchev–Trinajstić information content (AvgIpc) is 3.38. The molecule has 2 aromatic rings. The Balaban J connectivity index is 1.78. The van der Waals surface area contributed by atoms with E-state index in [1.54, 1.807) is 6.07 Å². The lowest BCUT2D eigenvalue weighted by Gasteiger charge is -2.18. The van der Waals surface area contributed by atoms with Crippen molar-refractivity contribution < 1.29 is 19.5 Å². The monoisotopic (exact) mass is 456 g/mol. The molecule has 1 fully saturated rings. The molecule has 3 amide bonds. The van der Waals surface area contributed by atoms with Gasteiger partial charge in [-0.15, -0.1) is 11.3 Å². The van der Waals surface area contributed by atoms with E-state index >= 15 is 0 Å². The quantitative estimate of drug-likeness (QED) is 0.390. The number of primary amides is 2. The molecule has 0 unspecified atom stereocenters. The number of carboxylic acids is 1. The summed E-state index contributed by atoms with van der Waals surface area (Å²) in [6.45, 7) is 1.97. The van der Waals surface area contributed by atoms with Crippen molar-refractivity contribution in [1.82, 2.24) is 5.32 Å². The highest BCUT2D eigenvalue weighted by Crippen LogP contribution is 2.36. The van der Waals surface area contributed by atoms with Crippen LogP contribution in [0.3, 0.4) is 0 Å². The Bertz CT molecular complexity index is 1040. The predicted octanol–water partition coefficient (Wildman–Crippen LogP) is 3.70. The third-order valence-corrected chi connectivity index (χ3v) is 6.66. The number of hydrogen-bond donors (Lipinski definition) is 5. The maximum absolute atomic E-state index is 11.7. The lowest BCUT2D eigenvalue weighted by molar-refractivity contribution is -0.139. The van der Waals surface area contributed by atoms with Gasteiger partial charge in [0.25, 0.3) is 5.91 Å². The third-order valence-electron chi connectivity index (χ3n) is 5.56. The second-order valence-corrected chi connectivity index (χ2v) is 9.01. The summed E-state index contributed by atoms with van der Waals surface area (Å²) in [7, 11) is 0. The Morgan fingerprint density at radius 2 is 1.94 bits per heavy atom. The van der Waals surface area contributed by atoms with Gasteiger partial charge in [-0.1, -0.05) is 37.1 Å². The molecular weight excluding hydrogens is 428 g/mol. The molecule has 170 valence electrons. The Labute approximate surface area is 190 Å². The van der Waals surface area contributed by atoms with E-state index < -0.39 is 23.9 Å². The molecular formula is C23H28N4O4S. The molecule has 1 aromatic carbocycles. The number of amides is 3. The van der Waals surface area contributed by atoms with Crippen LogP contribution < -0.4 is 22.1 Å². The number of urea groups is 1. The van der Waals surface area contributed by atoms with E-state index in [4.69, 9.17) is 11.5 Å². The second-order valence-electron chi connectivity index (χ2n) is 7.96. The van der Waals surface area contributed by atoms with Gasteiger partial charge in [-0.05, 0) is 55.0 Å². The topological polar surface area (TPSA) is 148 Å². The number of benzene rings is 1. The van der Waals surface area contributed by atoms with Crippen LogP contribution in [0.4, 0.5) is 9.80 Å². The average molecular weight is 457 g/mol. The predicted molar refractivity (Wildman–Crippen MR) is 127 cm³/mol. The highest BCUT2D eigenvalue weighted by molar-refractivity contribution is 7.20. The molecule has 0 saturated heterocycles. The summed E-state index contributed by atoms with van der Waals surface area (Å²) in [6.07, 6.45) is 8.50. The molecule has 0 spiro atoms. The van der Waals surface area contributed by atoms with Gasteiger partial charge in [0.1, 0.15) is 11.0 Å². The first-order valence-electron chi connectivity index (χ1n) is 10.5. The van der Waals surface area contributed by atoms with Crippen molar-refractivity contribution in [3.63, 3.8) is 0 Å². The van der Waals surface area contributed by atoms with Crippen molar-refractivity contribution in [1.29, 1.82) is 0 Å². The van der Waals surface area contributed by atoms with Crippen LogP contribution in [0.1, 0.15) is 53.6 Å². The largest absolute Gasteiger partial charge is 0.480 e. The number of nitrogens with one attached hydrogen (secondary N) is 2. The number of carbonyl (C=O) groups is 3. The third kappa shape index (κ3) is 5.95. The number of nitrogens with two attached hydrogens (primary N) is 2. The summed E-state index contributed by atoms with van der Waals surface area (Å²) in [5.74, 6) is -1.50. The smallest absolute Gasteiger partial charge is 0.321 e. The van der Waals surface area contributed by atoms with Gasteiger partial charge in [-0.2, -0.15) is 0 Å². The first kappa shape index (κ1) is 23.5. The van der Waals surface area contributed by atoms with Gasteiger partial charge in [-0.25, -0.2) is 4.79 Å². The minimum absolute atomic E-state index is 0.198. The minimum Gasteiger partial charge on any atom is -0.480 e. The van der Waals surface area contributed by atoms with Crippen LogP contribution in [0.2, 0.25) is 0 Å². The maximum Gasteiger partial charge on any atom is 0.321 e. The highest BCUT2D eigenvalue weighted by atomic mass is 32.1. The van der Waals surface area contributed by atoms with Gasteiger partial charge in [0, 0.05) is 10.9 Å². The Hall–Kier alpha value is -3.17. The van der Waals surface area contributed by atoms with Crippen molar-refractivity contribution in [3.8, 4) is 10.4 Å². The molecule has 0 bridgehead atoms. The molecule has 1 atom stereocenters. The van der Waals surface area contributed by atoms with E-state index in [-0.39, 0.29) is 11.6 Å². The summed E-state index contributed by atoms with van der Waals surface area (Å²) in [5.41, 5.74) is 13.6. The molecule has 32 heavy (non-hydrogen) atoms. The summed E-state index contributed by atoms with van der Waals surface area (Å²) in [4.78, 5) is 35.3. The van der Waals surface area contributed by atoms with Crippen molar-refractivity contribution in [3.05, 3.63) is 47.0 Å². The van der Waals surface area contributed by atoms with Gasteiger partial charge in [0.05, 0.1) is 5.56 Å². The van der Waals surface area contributed by atoms with Crippen molar-refractivity contribution >= 4 is 40.3 Å². The van der Waals surface area contributed by atoms with Crippen LogP contribution in [-0.4, -0.2) is 35.1 Å². The zero-order chi connectivity index (χ0) is 23.3. The lowest BCUT2D eigenvalue weighted by Crippen LogP contribution is -2.41. The fraction of sp³-hybridized carbons (Fsp3) is 0.348. The molecule has 1 aromatic heterocycles. The van der Waals surface area contributed by atoms with Crippen LogP contribution in [0.15, 0.2) is 30.3 Å². The summed E-state index contributed by atoms with van der Waals surface area (Å²) in [5, 5.41) is 15.5. The number of rotatable bonds is 9. The van der Waals surface area contributed by atoms with Gasteiger partial charge < -0.3 is 21.9 Å². The molecule has 0 aliphatic heterocycles. The Morgan fingerprint density at radius 1 is 1.22 bits per heavy atom. The zero-order valence-electron chi connectivity index (χ0n) is 17.9. The van der Waals surface area contributed by atoms with Gasteiger partial charge >= 0.3 is 12.0 Å². The van der Waals surface area contributed by atoms with E-state index in [1.807, 2.05) is 37.3 Å². The van der Waals surface area contributed by atoms with Crippen molar-refractivity contribution in [2.45, 2.75) is 51.1 Å². The van der Waals surface area contributed by atoms with Gasteiger partial charge in [0.2, 0.25) is 0 Å². The molecule has 8 nitrogen and oxygen atoms in total. The van der Waals surface area contributed by atoms with E-state index in [9.17, 15) is 19.5 Å². The maximum atomic E-state index is 11.7. The molecule has 7 N–H and O–H groups in total. The zero-order valence-corrected chi connectivity index (χ0v) is 18.7. The van der Waals surface area contributed by atoms with Crippen LogP contribution >= 0.6 is 11.3 Å². The Morgan fingerprint density at radius 3 is 2.56 bits per heavy atom. The van der Waals surface area contributed by atoms with Crippen molar-refractivity contribution in [2.24, 2.45) is 11.5 Å². The molecule has 1 heterocycles. The SMILES string of the molecule is Cc1ccc(-c2cc(C(N)=O)c(NC(N)=O)s2)cc1C=CC[C@H](NC1CCCC1)C(=O)O. The van der Waals surface area contributed by atoms with E-state index in [0.717, 1.165) is 47.3 Å². The standard InChI is InChI=1S/C23H28N4O4S/c1-13-9-10-15(19-12-17(20(24)28)21(32-19)27-23(25)31)11-14(13)5-4-8-18(22(29)30)26-16-6-2-3-7-16/h4-5,9-12,16,18,26H,2-3,6-8H2,1H3,(H2,24,28)(H,29,30)(H3,25,27,31)/t18-/m0/s1.